The van der Waals surface area contributed by atoms with Gasteiger partial charge in [-0.1, -0.05) is 36.4 Å². The van der Waals surface area contributed by atoms with Crippen molar-refractivity contribution in [3.8, 4) is 5.69 Å². The van der Waals surface area contributed by atoms with E-state index in [0.29, 0.717) is 16.6 Å². The van der Waals surface area contributed by atoms with Gasteiger partial charge in [-0.2, -0.15) is 10.1 Å². The van der Waals surface area contributed by atoms with E-state index in [4.69, 9.17) is 0 Å². The van der Waals surface area contributed by atoms with Gasteiger partial charge in [0.25, 0.3) is 5.56 Å². The maximum atomic E-state index is 12.4. The third-order valence-electron chi connectivity index (χ3n) is 4.42. The van der Waals surface area contributed by atoms with E-state index in [2.05, 4.69) is 25.1 Å². The summed E-state index contributed by atoms with van der Waals surface area (Å²) in [5.74, 6) is 0.219. The van der Waals surface area contributed by atoms with Gasteiger partial charge in [0.2, 0.25) is 16.0 Å². The highest BCUT2D eigenvalue weighted by atomic mass is 32.2. The molecule has 4 aromatic rings. The van der Waals surface area contributed by atoms with E-state index in [1.165, 1.54) is 19.3 Å². The van der Waals surface area contributed by atoms with Crippen molar-refractivity contribution in [2.75, 3.05) is 12.4 Å². The van der Waals surface area contributed by atoms with Crippen molar-refractivity contribution < 1.29 is 8.42 Å². The van der Waals surface area contributed by atoms with E-state index < -0.39 is 10.0 Å². The zero-order valence-corrected chi connectivity index (χ0v) is 16.3. The van der Waals surface area contributed by atoms with Crippen molar-refractivity contribution >= 4 is 27.0 Å². The fraction of sp³-hybridized carbons (Fsp3) is 0.105. The molecule has 0 radical (unpaired) electrons. The van der Waals surface area contributed by atoms with Crippen molar-refractivity contribution in [3.05, 3.63) is 76.7 Å². The average molecular weight is 410 g/mol. The molecule has 10 heteroatoms. The lowest BCUT2D eigenvalue weighted by atomic mass is 10.2. The Balaban J connectivity index is 1.69. The number of nitrogens with zero attached hydrogens (tertiary/aromatic N) is 3. The van der Waals surface area contributed by atoms with Crippen molar-refractivity contribution in [3.63, 3.8) is 0 Å². The first kappa shape index (κ1) is 18.8. The Morgan fingerprint density at radius 3 is 2.55 bits per heavy atom. The molecular formula is C19H18N6O3S. The van der Waals surface area contributed by atoms with Gasteiger partial charge in [0.1, 0.15) is 5.39 Å². The highest BCUT2D eigenvalue weighted by Gasteiger charge is 2.16. The number of hydrogen-bond acceptors (Lipinski definition) is 6. The Labute approximate surface area is 166 Å². The van der Waals surface area contributed by atoms with E-state index >= 15 is 0 Å². The normalized spacial score (nSPS) is 11.6. The number of H-pyrrole nitrogens is 1. The van der Waals surface area contributed by atoms with Crippen LogP contribution < -0.4 is 15.6 Å². The molecule has 0 aliphatic carbocycles. The Morgan fingerprint density at radius 1 is 1.07 bits per heavy atom. The summed E-state index contributed by atoms with van der Waals surface area (Å²) in [5, 5.41) is 7.62. The van der Waals surface area contributed by atoms with Crippen LogP contribution in [0.25, 0.3) is 16.7 Å². The molecule has 9 nitrogen and oxygen atoms in total. The van der Waals surface area contributed by atoms with Crippen LogP contribution in [0.2, 0.25) is 0 Å². The van der Waals surface area contributed by atoms with E-state index in [1.807, 2.05) is 30.3 Å². The molecule has 4 rings (SSSR count). The first-order valence-electron chi connectivity index (χ1n) is 8.78. The zero-order chi connectivity index (χ0) is 20.4. The van der Waals surface area contributed by atoms with Gasteiger partial charge in [0, 0.05) is 6.54 Å². The third-order valence-corrected chi connectivity index (χ3v) is 5.93. The van der Waals surface area contributed by atoms with Crippen molar-refractivity contribution in [2.24, 2.45) is 0 Å². The summed E-state index contributed by atoms with van der Waals surface area (Å²) in [6.45, 7) is 0.158. The van der Waals surface area contributed by atoms with Crippen molar-refractivity contribution in [2.45, 2.75) is 11.4 Å². The van der Waals surface area contributed by atoms with Gasteiger partial charge in [-0.15, -0.1) is 0 Å². The maximum absolute atomic E-state index is 12.4. The molecule has 0 amide bonds. The van der Waals surface area contributed by atoms with E-state index in [9.17, 15) is 13.2 Å². The minimum Gasteiger partial charge on any atom is -0.352 e. The number of aromatic amines is 1. The van der Waals surface area contributed by atoms with Crippen LogP contribution >= 0.6 is 0 Å². The molecule has 2 aromatic heterocycles. The second-order valence-corrected chi connectivity index (χ2v) is 8.07. The summed E-state index contributed by atoms with van der Waals surface area (Å²) in [6, 6.07) is 16.0. The molecule has 0 atom stereocenters. The van der Waals surface area contributed by atoms with Gasteiger partial charge in [0.15, 0.2) is 5.65 Å². The largest absolute Gasteiger partial charge is 0.352 e. The second kappa shape index (κ2) is 7.49. The summed E-state index contributed by atoms with van der Waals surface area (Å²) < 4.78 is 28.3. The maximum Gasteiger partial charge on any atom is 0.263 e. The third kappa shape index (κ3) is 3.62. The van der Waals surface area contributed by atoms with Crippen LogP contribution in [0.15, 0.2) is 70.5 Å². The first-order chi connectivity index (χ1) is 14.0. The summed E-state index contributed by atoms with van der Waals surface area (Å²) >= 11 is 0. The van der Waals surface area contributed by atoms with E-state index in [1.54, 1.807) is 22.9 Å². The lowest BCUT2D eigenvalue weighted by molar-refractivity contribution is 0.587. The van der Waals surface area contributed by atoms with E-state index in [0.717, 1.165) is 5.69 Å². The predicted octanol–water partition coefficient (Wildman–Crippen LogP) is 1.63. The number of rotatable bonds is 6. The van der Waals surface area contributed by atoms with Crippen LogP contribution in [0.3, 0.4) is 0 Å². The molecule has 3 N–H and O–H groups in total. The predicted molar refractivity (Wildman–Crippen MR) is 109 cm³/mol. The molecule has 0 saturated carbocycles. The first-order valence-corrected chi connectivity index (χ1v) is 10.3. The highest BCUT2D eigenvalue weighted by Crippen LogP contribution is 2.17. The molecule has 2 aromatic carbocycles. The monoisotopic (exact) mass is 410 g/mol. The van der Waals surface area contributed by atoms with Crippen LogP contribution in [0, 0.1) is 0 Å². The number of benzene rings is 2. The molecule has 0 fully saturated rings. The minimum atomic E-state index is -3.61. The lowest BCUT2D eigenvalue weighted by Gasteiger charge is -2.11. The van der Waals surface area contributed by atoms with Gasteiger partial charge in [-0.25, -0.2) is 17.8 Å². The Kier molecular flexibility index (Phi) is 4.87. The van der Waals surface area contributed by atoms with Crippen molar-refractivity contribution in [1.29, 1.82) is 0 Å². The number of aromatic nitrogens is 4. The Morgan fingerprint density at radius 2 is 1.79 bits per heavy atom. The van der Waals surface area contributed by atoms with Gasteiger partial charge >= 0.3 is 0 Å². The van der Waals surface area contributed by atoms with Gasteiger partial charge in [-0.3, -0.25) is 9.78 Å². The second-order valence-electron chi connectivity index (χ2n) is 6.21. The molecule has 2 heterocycles. The molecule has 29 heavy (non-hydrogen) atoms. The van der Waals surface area contributed by atoms with Crippen LogP contribution in [0.1, 0.15) is 5.56 Å². The summed E-state index contributed by atoms with van der Waals surface area (Å²) in [6.07, 6.45) is 1.47. The molecule has 0 bridgehead atoms. The topological polar surface area (TPSA) is 122 Å². The summed E-state index contributed by atoms with van der Waals surface area (Å²) in [4.78, 5) is 19.7. The number of hydrogen-bond donors (Lipinski definition) is 3. The molecular weight excluding hydrogens is 392 g/mol. The molecule has 0 unspecified atom stereocenters. The SMILES string of the molecule is CNS(=O)(=O)c1ccccc1CNc1nc2c(cnn2-c2ccccc2)c(=O)[nH]1. The number of sulfonamides is 1. The van der Waals surface area contributed by atoms with E-state index in [-0.39, 0.29) is 22.9 Å². The average Bonchev–Trinajstić information content (AvgIpc) is 3.17. The Bertz CT molecular complexity index is 1330. The zero-order valence-electron chi connectivity index (χ0n) is 15.5. The standard InChI is InChI=1S/C19H18N6O3S/c1-20-29(27,28)16-10-6-5-7-13(16)11-21-19-23-17-15(18(26)24-19)12-22-25(17)14-8-3-2-4-9-14/h2-10,12,20H,11H2,1H3,(H2,21,23,24,26). The lowest BCUT2D eigenvalue weighted by Crippen LogP contribution is -2.21. The fourth-order valence-corrected chi connectivity index (χ4v) is 3.92. The molecule has 0 spiro atoms. The highest BCUT2D eigenvalue weighted by molar-refractivity contribution is 7.89. The summed E-state index contributed by atoms with van der Waals surface area (Å²) in [7, 11) is -2.25. The number of nitrogens with one attached hydrogen (secondary N) is 3. The molecule has 0 saturated heterocycles. The van der Waals surface area contributed by atoms with Crippen molar-refractivity contribution in [1.82, 2.24) is 24.5 Å². The van der Waals surface area contributed by atoms with Gasteiger partial charge < -0.3 is 5.32 Å². The molecule has 148 valence electrons. The number of para-hydroxylation sites is 1. The van der Waals surface area contributed by atoms with Crippen LogP contribution in [-0.4, -0.2) is 35.2 Å². The smallest absolute Gasteiger partial charge is 0.263 e. The minimum absolute atomic E-state index is 0.158. The summed E-state index contributed by atoms with van der Waals surface area (Å²) in [5.41, 5.74) is 1.38. The molecule has 0 aliphatic rings. The number of anilines is 1. The van der Waals surface area contributed by atoms with Gasteiger partial charge in [-0.05, 0) is 30.8 Å². The van der Waals surface area contributed by atoms with Crippen LogP contribution in [-0.2, 0) is 16.6 Å². The molecule has 0 aliphatic heterocycles. The Hall–Kier alpha value is -3.50. The quantitative estimate of drug-likeness (QED) is 0.444. The number of fused-ring (bicyclic) bond motifs is 1. The fourth-order valence-electron chi connectivity index (χ4n) is 2.96. The van der Waals surface area contributed by atoms with Crippen LogP contribution in [0.5, 0.6) is 0 Å². The van der Waals surface area contributed by atoms with Gasteiger partial charge in [0.05, 0.1) is 16.8 Å². The van der Waals surface area contributed by atoms with Crippen LogP contribution in [0.4, 0.5) is 5.95 Å².